The van der Waals surface area contributed by atoms with Crippen molar-refractivity contribution in [3.63, 3.8) is 0 Å². The minimum atomic E-state index is -1.07. The lowest BCUT2D eigenvalue weighted by molar-refractivity contribution is -0.149. The summed E-state index contributed by atoms with van der Waals surface area (Å²) in [4.78, 5) is 39.1. The third kappa shape index (κ3) is 3.16. The molecule has 1 fully saturated rings. The summed E-state index contributed by atoms with van der Waals surface area (Å²) >= 11 is 0. The number of carbonyl (C=O) groups excluding carboxylic acids is 2. The molecule has 0 radical (unpaired) electrons. The highest BCUT2D eigenvalue weighted by Crippen LogP contribution is 2.36. The fraction of sp³-hybridized carbons (Fsp3) is 0.522. The standard InChI is InChI=1S/C23H28N2O5/c1-14-7-9-16-18(29-2)10-8-15-13-17(21(27)25(14)19(15)16)20(26)24-23(22(28)30-3)11-5-4-6-12-23/h8,10,13-14H,4-7,9,11-12H2,1-3H3,(H,24,26). The number of ether oxygens (including phenoxy) is 2. The molecule has 1 N–H and O–H groups in total. The third-order valence-electron chi connectivity index (χ3n) is 6.61. The van der Waals surface area contributed by atoms with Crippen molar-refractivity contribution in [3.05, 3.63) is 39.7 Å². The Bertz CT molecular complexity index is 1070. The number of benzene rings is 1. The molecule has 1 unspecified atom stereocenters. The zero-order valence-corrected chi connectivity index (χ0v) is 17.7. The number of aryl methyl sites for hydroxylation is 1. The van der Waals surface area contributed by atoms with Gasteiger partial charge in [0.2, 0.25) is 0 Å². The minimum Gasteiger partial charge on any atom is -0.496 e. The van der Waals surface area contributed by atoms with Gasteiger partial charge in [0.1, 0.15) is 16.9 Å². The summed E-state index contributed by atoms with van der Waals surface area (Å²) in [7, 11) is 2.95. The van der Waals surface area contributed by atoms with Gasteiger partial charge in [0.25, 0.3) is 11.5 Å². The number of nitrogens with one attached hydrogen (secondary N) is 1. The fourth-order valence-electron chi connectivity index (χ4n) is 5.00. The lowest BCUT2D eigenvalue weighted by Crippen LogP contribution is -2.56. The monoisotopic (exact) mass is 412 g/mol. The van der Waals surface area contributed by atoms with E-state index in [1.54, 1.807) is 17.7 Å². The van der Waals surface area contributed by atoms with Crippen LogP contribution in [0.2, 0.25) is 0 Å². The number of hydrogen-bond acceptors (Lipinski definition) is 5. The quantitative estimate of drug-likeness (QED) is 0.780. The van der Waals surface area contributed by atoms with Gasteiger partial charge >= 0.3 is 5.97 Å². The van der Waals surface area contributed by atoms with E-state index < -0.39 is 17.4 Å². The fourth-order valence-corrected chi connectivity index (χ4v) is 5.00. The van der Waals surface area contributed by atoms with E-state index in [1.165, 1.54) is 7.11 Å². The third-order valence-corrected chi connectivity index (χ3v) is 6.61. The molecule has 0 saturated heterocycles. The lowest BCUT2D eigenvalue weighted by atomic mass is 9.81. The summed E-state index contributed by atoms with van der Waals surface area (Å²) in [6.45, 7) is 1.99. The smallest absolute Gasteiger partial charge is 0.331 e. The molecule has 160 valence electrons. The second-order valence-corrected chi connectivity index (χ2v) is 8.39. The van der Waals surface area contributed by atoms with E-state index in [4.69, 9.17) is 9.47 Å². The Hall–Kier alpha value is -2.83. The molecule has 1 aromatic heterocycles. The van der Waals surface area contributed by atoms with Gasteiger partial charge in [-0.05, 0) is 56.2 Å². The molecule has 1 aliphatic carbocycles. The number of pyridine rings is 1. The van der Waals surface area contributed by atoms with Gasteiger partial charge in [0.05, 0.1) is 19.7 Å². The van der Waals surface area contributed by atoms with Crippen molar-refractivity contribution in [2.24, 2.45) is 0 Å². The number of methoxy groups -OCH3 is 2. The van der Waals surface area contributed by atoms with E-state index in [0.717, 1.165) is 54.3 Å². The Morgan fingerprint density at radius 1 is 1.17 bits per heavy atom. The van der Waals surface area contributed by atoms with E-state index in [9.17, 15) is 14.4 Å². The largest absolute Gasteiger partial charge is 0.496 e. The van der Waals surface area contributed by atoms with Crippen LogP contribution in [0.3, 0.4) is 0 Å². The zero-order valence-electron chi connectivity index (χ0n) is 17.7. The number of nitrogens with zero attached hydrogens (tertiary/aromatic N) is 1. The van der Waals surface area contributed by atoms with Crippen LogP contribution in [0.25, 0.3) is 10.9 Å². The second-order valence-electron chi connectivity index (χ2n) is 8.39. The van der Waals surface area contributed by atoms with Crippen molar-refractivity contribution < 1.29 is 19.1 Å². The summed E-state index contributed by atoms with van der Waals surface area (Å²) in [6, 6.07) is 5.36. The lowest BCUT2D eigenvalue weighted by Gasteiger charge is -2.35. The Labute approximate surface area is 175 Å². The molecule has 2 aromatic rings. The molecule has 1 atom stereocenters. The zero-order chi connectivity index (χ0) is 21.5. The van der Waals surface area contributed by atoms with Gasteiger partial charge in [-0.25, -0.2) is 4.79 Å². The topological polar surface area (TPSA) is 86.6 Å². The predicted octanol–water partition coefficient (Wildman–Crippen LogP) is 3.12. The molecular weight excluding hydrogens is 384 g/mol. The average molecular weight is 412 g/mol. The van der Waals surface area contributed by atoms with Crippen LogP contribution in [-0.2, 0) is 16.0 Å². The first-order valence-electron chi connectivity index (χ1n) is 10.6. The van der Waals surface area contributed by atoms with Crippen LogP contribution in [0, 0.1) is 0 Å². The van der Waals surface area contributed by atoms with Crippen molar-refractivity contribution in [2.45, 2.75) is 63.5 Å². The molecule has 1 amide bonds. The summed E-state index contributed by atoms with van der Waals surface area (Å²) in [5.41, 5.74) is 0.480. The first-order valence-corrected chi connectivity index (χ1v) is 10.6. The van der Waals surface area contributed by atoms with Gasteiger partial charge in [-0.3, -0.25) is 9.59 Å². The molecule has 1 saturated carbocycles. The van der Waals surface area contributed by atoms with Crippen LogP contribution in [-0.4, -0.2) is 36.2 Å². The Balaban J connectivity index is 1.82. The molecular formula is C23H28N2O5. The van der Waals surface area contributed by atoms with Crippen molar-refractivity contribution >= 4 is 22.8 Å². The van der Waals surface area contributed by atoms with Crippen molar-refractivity contribution in [3.8, 4) is 5.75 Å². The number of esters is 1. The molecule has 1 aromatic carbocycles. The number of amides is 1. The molecule has 7 nitrogen and oxygen atoms in total. The summed E-state index contributed by atoms with van der Waals surface area (Å²) in [5.74, 6) is -0.210. The van der Waals surface area contributed by atoms with E-state index in [0.29, 0.717) is 12.8 Å². The van der Waals surface area contributed by atoms with Gasteiger partial charge in [0.15, 0.2) is 0 Å². The number of aromatic nitrogens is 1. The van der Waals surface area contributed by atoms with Crippen molar-refractivity contribution in [2.75, 3.05) is 14.2 Å². The molecule has 2 aliphatic rings. The van der Waals surface area contributed by atoms with Crippen molar-refractivity contribution in [1.82, 2.24) is 9.88 Å². The van der Waals surface area contributed by atoms with Crippen LogP contribution < -0.4 is 15.6 Å². The van der Waals surface area contributed by atoms with E-state index >= 15 is 0 Å². The van der Waals surface area contributed by atoms with Gasteiger partial charge in [-0.15, -0.1) is 0 Å². The van der Waals surface area contributed by atoms with Crippen LogP contribution in [0.1, 0.15) is 67.4 Å². The Morgan fingerprint density at radius 2 is 1.90 bits per heavy atom. The predicted molar refractivity (Wildman–Crippen MR) is 113 cm³/mol. The highest BCUT2D eigenvalue weighted by atomic mass is 16.5. The molecule has 7 heteroatoms. The first kappa shape index (κ1) is 20.4. The highest BCUT2D eigenvalue weighted by molar-refractivity contribution is 6.01. The maximum atomic E-state index is 13.4. The Morgan fingerprint density at radius 3 is 2.57 bits per heavy atom. The highest BCUT2D eigenvalue weighted by Gasteiger charge is 2.42. The maximum absolute atomic E-state index is 13.4. The van der Waals surface area contributed by atoms with Crippen LogP contribution in [0.4, 0.5) is 0 Å². The van der Waals surface area contributed by atoms with Gasteiger partial charge in [-0.2, -0.15) is 0 Å². The number of carbonyl (C=O) groups is 2. The summed E-state index contributed by atoms with van der Waals surface area (Å²) in [6.07, 6.45) is 5.32. The van der Waals surface area contributed by atoms with E-state index in [2.05, 4.69) is 5.32 Å². The summed E-state index contributed by atoms with van der Waals surface area (Å²) in [5, 5.41) is 3.69. The van der Waals surface area contributed by atoms with Crippen LogP contribution >= 0.6 is 0 Å². The molecule has 0 bridgehead atoms. The normalized spacial score (nSPS) is 19.9. The SMILES string of the molecule is COC(=O)C1(NC(=O)c2cc3ccc(OC)c4c3n(c2=O)C(C)CC4)CCCCC1. The molecule has 0 spiro atoms. The molecule has 30 heavy (non-hydrogen) atoms. The number of rotatable bonds is 4. The van der Waals surface area contributed by atoms with E-state index in [1.807, 2.05) is 19.1 Å². The number of hydrogen-bond donors (Lipinski definition) is 1. The second kappa shape index (κ2) is 7.78. The molecule has 2 heterocycles. The van der Waals surface area contributed by atoms with Crippen LogP contribution in [0.15, 0.2) is 23.0 Å². The van der Waals surface area contributed by atoms with E-state index in [-0.39, 0.29) is 17.2 Å². The van der Waals surface area contributed by atoms with Gasteiger partial charge in [-0.1, -0.05) is 19.3 Å². The molecule has 4 rings (SSSR count). The van der Waals surface area contributed by atoms with Crippen LogP contribution in [0.5, 0.6) is 5.75 Å². The maximum Gasteiger partial charge on any atom is 0.331 e. The average Bonchev–Trinajstić information content (AvgIpc) is 2.76. The summed E-state index contributed by atoms with van der Waals surface area (Å²) < 4.78 is 12.2. The van der Waals surface area contributed by atoms with Gasteiger partial charge in [0, 0.05) is 11.6 Å². The minimum absolute atomic E-state index is 0.0309. The molecule has 1 aliphatic heterocycles. The van der Waals surface area contributed by atoms with Crippen molar-refractivity contribution in [1.29, 1.82) is 0 Å². The Kier molecular flexibility index (Phi) is 5.30. The van der Waals surface area contributed by atoms with Gasteiger partial charge < -0.3 is 19.4 Å². The first-order chi connectivity index (χ1) is 14.4.